The fraction of sp³-hybridized carbons (Fsp3) is 0.226. The Hall–Kier alpha value is -2.81. The lowest BCUT2D eigenvalue weighted by atomic mass is 9.90. The number of hydrogen-bond acceptors (Lipinski definition) is 2. The first-order valence-corrected chi connectivity index (χ1v) is 12.7. The Labute approximate surface area is 203 Å². The van der Waals surface area contributed by atoms with Crippen molar-refractivity contribution < 1.29 is 4.18 Å². The summed E-state index contributed by atoms with van der Waals surface area (Å²) in [4.78, 5) is 1.16. The van der Waals surface area contributed by atoms with Gasteiger partial charge in [-0.25, -0.2) is 0 Å². The molecule has 0 saturated carbocycles. The molecular weight excluding hydrogens is 420 g/mol. The van der Waals surface area contributed by atoms with Gasteiger partial charge in [0.1, 0.15) is 0 Å². The average molecular weight is 453 g/mol. The van der Waals surface area contributed by atoms with E-state index in [1.165, 1.54) is 52.7 Å². The molecule has 0 aromatic heterocycles. The predicted molar refractivity (Wildman–Crippen MR) is 142 cm³/mol. The third-order valence-corrected chi connectivity index (χ3v) is 6.81. The minimum absolute atomic E-state index is 0.617. The minimum atomic E-state index is 0.617. The van der Waals surface area contributed by atoms with Crippen LogP contribution in [0, 0.1) is 0 Å². The molecule has 0 amide bonds. The summed E-state index contributed by atoms with van der Waals surface area (Å²) in [6, 6.07) is 38.7. The molecule has 0 heterocycles. The quantitative estimate of drug-likeness (QED) is 0.165. The van der Waals surface area contributed by atoms with Crippen LogP contribution in [0.15, 0.2) is 114 Å². The standard InChI is InChI=1S/C31H32OS/c1-2-14-25(26-15-6-3-7-16-26)21-13-24-32-33-30-23-12-22-29(27-17-8-4-9-18-27)31(30)28-19-10-5-11-20-28/h3-12,15-20,22-23,25H,2,13-14,21,24H2,1H3. The zero-order chi connectivity index (χ0) is 22.7. The predicted octanol–water partition coefficient (Wildman–Crippen LogP) is 9.41. The first-order valence-electron chi connectivity index (χ1n) is 11.9. The highest BCUT2D eigenvalue weighted by atomic mass is 32.2. The molecule has 0 radical (unpaired) electrons. The van der Waals surface area contributed by atoms with Crippen molar-refractivity contribution in [3.05, 3.63) is 115 Å². The Balaban J connectivity index is 1.45. The summed E-state index contributed by atoms with van der Waals surface area (Å²) < 4.78 is 6.15. The largest absolute Gasteiger partial charge is 0.310 e. The Morgan fingerprint density at radius 2 is 1.30 bits per heavy atom. The molecule has 0 bridgehead atoms. The first-order chi connectivity index (χ1) is 16.4. The van der Waals surface area contributed by atoms with Crippen LogP contribution in [0.25, 0.3) is 22.3 Å². The minimum Gasteiger partial charge on any atom is -0.310 e. The van der Waals surface area contributed by atoms with Crippen LogP contribution in [0.2, 0.25) is 0 Å². The maximum Gasteiger partial charge on any atom is 0.0618 e. The van der Waals surface area contributed by atoms with Crippen LogP contribution in [-0.2, 0) is 4.18 Å². The van der Waals surface area contributed by atoms with Gasteiger partial charge in [0, 0.05) is 22.5 Å². The Morgan fingerprint density at radius 1 is 0.667 bits per heavy atom. The van der Waals surface area contributed by atoms with Gasteiger partial charge in [-0.05, 0) is 53.5 Å². The van der Waals surface area contributed by atoms with Crippen molar-refractivity contribution in [1.29, 1.82) is 0 Å². The van der Waals surface area contributed by atoms with Crippen molar-refractivity contribution in [3.8, 4) is 22.3 Å². The van der Waals surface area contributed by atoms with Crippen LogP contribution in [0.3, 0.4) is 0 Å². The Bertz CT molecular complexity index is 1090. The van der Waals surface area contributed by atoms with Gasteiger partial charge in [-0.15, -0.1) is 0 Å². The average Bonchev–Trinajstić information content (AvgIpc) is 2.89. The molecule has 168 valence electrons. The number of hydrogen-bond donors (Lipinski definition) is 0. The smallest absolute Gasteiger partial charge is 0.0618 e. The lowest BCUT2D eigenvalue weighted by molar-refractivity contribution is 0.347. The zero-order valence-electron chi connectivity index (χ0n) is 19.3. The lowest BCUT2D eigenvalue weighted by Crippen LogP contribution is -2.00. The Morgan fingerprint density at radius 3 is 1.97 bits per heavy atom. The molecule has 4 aromatic carbocycles. The molecule has 1 unspecified atom stereocenters. The van der Waals surface area contributed by atoms with Crippen LogP contribution < -0.4 is 0 Å². The summed E-state index contributed by atoms with van der Waals surface area (Å²) in [5, 5.41) is 0. The van der Waals surface area contributed by atoms with E-state index in [1.807, 2.05) is 0 Å². The number of benzene rings is 4. The van der Waals surface area contributed by atoms with E-state index < -0.39 is 0 Å². The van der Waals surface area contributed by atoms with E-state index in [0.717, 1.165) is 24.3 Å². The van der Waals surface area contributed by atoms with E-state index in [-0.39, 0.29) is 0 Å². The molecule has 33 heavy (non-hydrogen) atoms. The van der Waals surface area contributed by atoms with Crippen molar-refractivity contribution in [1.82, 2.24) is 0 Å². The second-order valence-electron chi connectivity index (χ2n) is 8.35. The van der Waals surface area contributed by atoms with E-state index in [0.29, 0.717) is 5.92 Å². The molecular formula is C31H32OS. The summed E-state index contributed by atoms with van der Waals surface area (Å²) in [6.45, 7) is 3.02. The molecule has 0 fully saturated rings. The van der Waals surface area contributed by atoms with Crippen LogP contribution in [0.4, 0.5) is 0 Å². The second kappa shape index (κ2) is 12.4. The third kappa shape index (κ3) is 6.37. The van der Waals surface area contributed by atoms with Crippen molar-refractivity contribution in [2.45, 2.75) is 43.4 Å². The summed E-state index contributed by atoms with van der Waals surface area (Å²) in [5.41, 5.74) is 6.37. The molecule has 0 N–H and O–H groups in total. The van der Waals surface area contributed by atoms with Gasteiger partial charge in [-0.2, -0.15) is 0 Å². The molecule has 0 aliphatic carbocycles. The molecule has 0 saturated heterocycles. The topological polar surface area (TPSA) is 9.23 Å². The SMILES string of the molecule is CCCC(CCCOSc1cccc(-c2ccccc2)c1-c1ccccc1)c1ccccc1. The van der Waals surface area contributed by atoms with Crippen molar-refractivity contribution >= 4 is 12.0 Å². The monoisotopic (exact) mass is 452 g/mol. The molecule has 2 heteroatoms. The van der Waals surface area contributed by atoms with E-state index in [1.54, 1.807) is 0 Å². The van der Waals surface area contributed by atoms with Crippen LogP contribution >= 0.6 is 12.0 Å². The summed E-state index contributed by atoms with van der Waals surface area (Å²) in [5.74, 6) is 0.617. The summed E-state index contributed by atoms with van der Waals surface area (Å²) in [6.07, 6.45) is 4.66. The second-order valence-corrected chi connectivity index (χ2v) is 9.20. The van der Waals surface area contributed by atoms with Gasteiger partial charge >= 0.3 is 0 Å². The van der Waals surface area contributed by atoms with Crippen LogP contribution in [0.5, 0.6) is 0 Å². The van der Waals surface area contributed by atoms with Crippen molar-refractivity contribution in [2.24, 2.45) is 0 Å². The van der Waals surface area contributed by atoms with Gasteiger partial charge in [-0.3, -0.25) is 0 Å². The maximum absolute atomic E-state index is 6.15. The summed E-state index contributed by atoms with van der Waals surface area (Å²) in [7, 11) is 0. The maximum atomic E-state index is 6.15. The highest BCUT2D eigenvalue weighted by molar-refractivity contribution is 7.94. The van der Waals surface area contributed by atoms with Gasteiger partial charge < -0.3 is 4.18 Å². The van der Waals surface area contributed by atoms with E-state index in [4.69, 9.17) is 4.18 Å². The van der Waals surface area contributed by atoms with E-state index >= 15 is 0 Å². The first kappa shape index (κ1) is 23.4. The fourth-order valence-electron chi connectivity index (χ4n) is 4.41. The fourth-order valence-corrected chi connectivity index (χ4v) is 5.18. The van der Waals surface area contributed by atoms with E-state index in [9.17, 15) is 0 Å². The molecule has 1 nitrogen and oxygen atoms in total. The highest BCUT2D eigenvalue weighted by Gasteiger charge is 2.14. The molecule has 0 spiro atoms. The normalized spacial score (nSPS) is 11.9. The van der Waals surface area contributed by atoms with Gasteiger partial charge in [-0.1, -0.05) is 116 Å². The summed E-state index contributed by atoms with van der Waals surface area (Å²) >= 11 is 1.51. The number of rotatable bonds is 11. The van der Waals surface area contributed by atoms with Crippen molar-refractivity contribution in [3.63, 3.8) is 0 Å². The highest BCUT2D eigenvalue weighted by Crippen LogP contribution is 2.40. The lowest BCUT2D eigenvalue weighted by Gasteiger charge is -2.17. The molecule has 4 rings (SSSR count). The third-order valence-electron chi connectivity index (χ3n) is 6.01. The van der Waals surface area contributed by atoms with Crippen LogP contribution in [-0.4, -0.2) is 6.61 Å². The molecule has 4 aromatic rings. The van der Waals surface area contributed by atoms with Crippen LogP contribution in [0.1, 0.15) is 44.1 Å². The molecule has 0 aliphatic heterocycles. The Kier molecular flexibility index (Phi) is 8.80. The van der Waals surface area contributed by atoms with Gasteiger partial charge in [0.2, 0.25) is 0 Å². The molecule has 0 aliphatic rings. The zero-order valence-corrected chi connectivity index (χ0v) is 20.1. The van der Waals surface area contributed by atoms with Gasteiger partial charge in [0.05, 0.1) is 6.61 Å². The van der Waals surface area contributed by atoms with Gasteiger partial charge in [0.15, 0.2) is 0 Å². The van der Waals surface area contributed by atoms with E-state index in [2.05, 4.69) is 116 Å². The van der Waals surface area contributed by atoms with Gasteiger partial charge in [0.25, 0.3) is 0 Å². The molecule has 1 atom stereocenters. The van der Waals surface area contributed by atoms with Crippen molar-refractivity contribution in [2.75, 3.05) is 6.61 Å².